The molecule has 2 amide bonds. The quantitative estimate of drug-likeness (QED) is 0.676. The summed E-state index contributed by atoms with van der Waals surface area (Å²) in [7, 11) is 0. The van der Waals surface area contributed by atoms with Crippen LogP contribution in [0.3, 0.4) is 0 Å². The Hall–Kier alpha value is -2.37. The summed E-state index contributed by atoms with van der Waals surface area (Å²) in [4.78, 5) is 23.8. The van der Waals surface area contributed by atoms with Gasteiger partial charge in [0.1, 0.15) is 0 Å². The summed E-state index contributed by atoms with van der Waals surface area (Å²) in [5.74, 6) is -0.359. The average molecular weight is 346 g/mol. The molecule has 2 aromatic carbocycles. The predicted molar refractivity (Wildman–Crippen MR) is 94.4 cm³/mol. The van der Waals surface area contributed by atoms with Crippen LogP contribution in [0.15, 0.2) is 54.6 Å². The number of rotatable bonds is 7. The molecule has 0 spiro atoms. The minimum atomic E-state index is -0.275. The van der Waals surface area contributed by atoms with Gasteiger partial charge in [-0.25, -0.2) is 5.43 Å². The lowest BCUT2D eigenvalue weighted by Crippen LogP contribution is -2.44. The summed E-state index contributed by atoms with van der Waals surface area (Å²) in [6.45, 7) is 2.31. The molecule has 0 heterocycles. The van der Waals surface area contributed by atoms with Crippen molar-refractivity contribution in [2.24, 2.45) is 0 Å². The number of halogens is 1. The minimum absolute atomic E-state index is 0.0837. The first-order valence-corrected chi connectivity index (χ1v) is 8.04. The topological polar surface area (TPSA) is 70.2 Å². The Morgan fingerprint density at radius 3 is 2.38 bits per heavy atom. The van der Waals surface area contributed by atoms with Gasteiger partial charge in [0.15, 0.2) is 0 Å². The third kappa shape index (κ3) is 6.02. The number of nitrogens with one attached hydrogen (secondary N) is 3. The molecule has 6 heteroatoms. The zero-order chi connectivity index (χ0) is 17.4. The summed E-state index contributed by atoms with van der Waals surface area (Å²) in [5, 5.41) is 3.42. The van der Waals surface area contributed by atoms with E-state index in [4.69, 9.17) is 11.6 Å². The zero-order valence-corrected chi connectivity index (χ0v) is 14.1. The number of hydrogen-bond donors (Lipinski definition) is 3. The van der Waals surface area contributed by atoms with E-state index in [1.807, 2.05) is 37.3 Å². The van der Waals surface area contributed by atoms with Crippen molar-refractivity contribution in [1.82, 2.24) is 16.2 Å². The van der Waals surface area contributed by atoms with Crippen LogP contribution in [0.4, 0.5) is 0 Å². The molecule has 2 aromatic rings. The molecule has 2 rings (SSSR count). The molecule has 24 heavy (non-hydrogen) atoms. The van der Waals surface area contributed by atoms with E-state index in [1.54, 1.807) is 24.3 Å². The molecule has 0 fully saturated rings. The fourth-order valence-electron chi connectivity index (χ4n) is 2.06. The molecule has 3 N–H and O–H groups in total. The van der Waals surface area contributed by atoms with Crippen LogP contribution < -0.4 is 16.2 Å². The Kier molecular flexibility index (Phi) is 6.78. The van der Waals surface area contributed by atoms with Crippen LogP contribution in [0.5, 0.6) is 0 Å². The van der Waals surface area contributed by atoms with Crippen LogP contribution in [0.1, 0.15) is 29.3 Å². The van der Waals surface area contributed by atoms with Crippen LogP contribution >= 0.6 is 11.6 Å². The summed E-state index contributed by atoms with van der Waals surface area (Å²) < 4.78 is 0. The van der Waals surface area contributed by atoms with Gasteiger partial charge >= 0.3 is 0 Å². The Morgan fingerprint density at radius 2 is 1.71 bits per heavy atom. The number of hydrogen-bond acceptors (Lipinski definition) is 3. The highest BCUT2D eigenvalue weighted by Crippen LogP contribution is 2.09. The van der Waals surface area contributed by atoms with Gasteiger partial charge in [-0.2, -0.15) is 0 Å². The van der Waals surface area contributed by atoms with E-state index >= 15 is 0 Å². The van der Waals surface area contributed by atoms with E-state index in [9.17, 15) is 9.59 Å². The smallest absolute Gasteiger partial charge is 0.265 e. The molecule has 0 aliphatic heterocycles. The summed E-state index contributed by atoms with van der Waals surface area (Å²) in [5.41, 5.74) is 6.95. The van der Waals surface area contributed by atoms with Gasteiger partial charge in [-0.3, -0.25) is 15.0 Å². The summed E-state index contributed by atoms with van der Waals surface area (Å²) in [6.07, 6.45) is 0.258. The molecule has 1 unspecified atom stereocenters. The largest absolute Gasteiger partial charge is 0.352 e. The summed E-state index contributed by atoms with van der Waals surface area (Å²) >= 11 is 5.78. The number of amides is 2. The van der Waals surface area contributed by atoms with E-state index < -0.39 is 0 Å². The van der Waals surface area contributed by atoms with Gasteiger partial charge in [0.2, 0.25) is 5.91 Å². The van der Waals surface area contributed by atoms with Gasteiger partial charge < -0.3 is 5.32 Å². The highest BCUT2D eigenvalue weighted by atomic mass is 35.5. The Labute approximate surface area is 146 Å². The lowest BCUT2D eigenvalue weighted by Gasteiger charge is -2.15. The van der Waals surface area contributed by atoms with E-state index in [1.165, 1.54) is 0 Å². The third-order valence-corrected chi connectivity index (χ3v) is 3.61. The fraction of sp³-hybridized carbons (Fsp3) is 0.222. The Bertz CT molecular complexity index is 674. The molecule has 0 aliphatic rings. The number of carbonyl (C=O) groups is 2. The van der Waals surface area contributed by atoms with Crippen molar-refractivity contribution < 1.29 is 9.59 Å². The maximum Gasteiger partial charge on any atom is 0.265 e. The van der Waals surface area contributed by atoms with Gasteiger partial charge in [0, 0.05) is 29.6 Å². The van der Waals surface area contributed by atoms with Crippen molar-refractivity contribution in [1.29, 1.82) is 0 Å². The molecule has 0 aliphatic carbocycles. The first-order chi connectivity index (χ1) is 11.5. The normalized spacial score (nSPS) is 11.6. The zero-order valence-electron chi connectivity index (χ0n) is 13.4. The van der Waals surface area contributed by atoms with E-state index in [0.717, 1.165) is 5.56 Å². The monoisotopic (exact) mass is 345 g/mol. The maximum atomic E-state index is 11.9. The van der Waals surface area contributed by atoms with E-state index in [2.05, 4.69) is 16.2 Å². The standard InChI is InChI=1S/C18H20ClN3O2/c1-13(11-17(23)20-12-14-5-3-2-4-6-14)21-22-18(24)15-7-9-16(19)10-8-15/h2-10,13,21H,11-12H2,1H3,(H,20,23)(H,22,24). The van der Waals surface area contributed by atoms with E-state index in [0.29, 0.717) is 17.1 Å². The van der Waals surface area contributed by atoms with Crippen LogP contribution in [0.2, 0.25) is 5.02 Å². The molecule has 0 radical (unpaired) electrons. The van der Waals surface area contributed by atoms with Crippen molar-refractivity contribution in [3.63, 3.8) is 0 Å². The number of hydrazine groups is 1. The molecule has 0 saturated carbocycles. The molecule has 126 valence electrons. The van der Waals surface area contributed by atoms with Crippen molar-refractivity contribution in [2.45, 2.75) is 25.9 Å². The molecule has 1 atom stereocenters. The average Bonchev–Trinajstić information content (AvgIpc) is 2.59. The minimum Gasteiger partial charge on any atom is -0.352 e. The number of carbonyl (C=O) groups excluding carboxylic acids is 2. The van der Waals surface area contributed by atoms with Crippen molar-refractivity contribution >= 4 is 23.4 Å². The lowest BCUT2D eigenvalue weighted by molar-refractivity contribution is -0.121. The van der Waals surface area contributed by atoms with Crippen LogP contribution in [-0.4, -0.2) is 17.9 Å². The van der Waals surface area contributed by atoms with E-state index in [-0.39, 0.29) is 24.3 Å². The van der Waals surface area contributed by atoms with Gasteiger partial charge in [-0.1, -0.05) is 41.9 Å². The van der Waals surface area contributed by atoms with Crippen LogP contribution in [0, 0.1) is 0 Å². The fourth-order valence-corrected chi connectivity index (χ4v) is 2.19. The van der Waals surface area contributed by atoms with Gasteiger partial charge in [0.25, 0.3) is 5.91 Å². The van der Waals surface area contributed by atoms with Gasteiger partial charge in [-0.15, -0.1) is 0 Å². The van der Waals surface area contributed by atoms with Crippen molar-refractivity contribution in [3.8, 4) is 0 Å². The maximum absolute atomic E-state index is 11.9. The second kappa shape index (κ2) is 9.05. The number of benzene rings is 2. The van der Waals surface area contributed by atoms with Crippen molar-refractivity contribution in [3.05, 3.63) is 70.7 Å². The lowest BCUT2D eigenvalue weighted by atomic mass is 10.2. The second-order valence-electron chi connectivity index (χ2n) is 5.47. The Morgan fingerprint density at radius 1 is 1.04 bits per heavy atom. The Balaban J connectivity index is 1.70. The highest BCUT2D eigenvalue weighted by Gasteiger charge is 2.11. The molecule has 0 aromatic heterocycles. The molecular formula is C18H20ClN3O2. The second-order valence-corrected chi connectivity index (χ2v) is 5.91. The molecule has 5 nitrogen and oxygen atoms in total. The first kappa shape index (κ1) is 18.0. The summed E-state index contributed by atoms with van der Waals surface area (Å²) in [6, 6.07) is 16.1. The first-order valence-electron chi connectivity index (χ1n) is 7.66. The van der Waals surface area contributed by atoms with Crippen molar-refractivity contribution in [2.75, 3.05) is 0 Å². The van der Waals surface area contributed by atoms with Crippen LogP contribution in [-0.2, 0) is 11.3 Å². The molecule has 0 bridgehead atoms. The predicted octanol–water partition coefficient (Wildman–Crippen LogP) is 2.67. The van der Waals surface area contributed by atoms with Gasteiger partial charge in [-0.05, 0) is 36.8 Å². The SMILES string of the molecule is CC(CC(=O)NCc1ccccc1)NNC(=O)c1ccc(Cl)cc1. The highest BCUT2D eigenvalue weighted by molar-refractivity contribution is 6.30. The van der Waals surface area contributed by atoms with Gasteiger partial charge in [0.05, 0.1) is 0 Å². The molecular weight excluding hydrogens is 326 g/mol. The third-order valence-electron chi connectivity index (χ3n) is 3.36. The molecule has 0 saturated heterocycles. The van der Waals surface area contributed by atoms with Crippen LogP contribution in [0.25, 0.3) is 0 Å².